The average molecular weight is 341 g/mol. The highest BCUT2D eigenvalue weighted by molar-refractivity contribution is 5.33. The van der Waals surface area contributed by atoms with Gasteiger partial charge in [-0.05, 0) is 60.4 Å². The molecule has 4 nitrogen and oxygen atoms in total. The van der Waals surface area contributed by atoms with Gasteiger partial charge in [0.25, 0.3) is 0 Å². The molecule has 0 aliphatic heterocycles. The Bertz CT molecular complexity index is 674. The van der Waals surface area contributed by atoms with Crippen molar-refractivity contribution in [3.05, 3.63) is 65.2 Å². The van der Waals surface area contributed by atoms with Crippen LogP contribution in [0.4, 0.5) is 0 Å². The summed E-state index contributed by atoms with van der Waals surface area (Å²) in [6.45, 7) is 0.253. The number of aryl methyl sites for hydroxylation is 1. The molecule has 4 heteroatoms. The maximum atomic E-state index is 10.5. The lowest BCUT2D eigenvalue weighted by Gasteiger charge is -2.27. The molecular formula is C21H27NO3. The van der Waals surface area contributed by atoms with Crippen molar-refractivity contribution in [3.63, 3.8) is 0 Å². The van der Waals surface area contributed by atoms with Crippen molar-refractivity contribution in [2.75, 3.05) is 6.61 Å². The van der Waals surface area contributed by atoms with Gasteiger partial charge in [-0.1, -0.05) is 36.4 Å². The summed E-state index contributed by atoms with van der Waals surface area (Å²) in [6, 6.07) is 15.3. The molecule has 0 amide bonds. The van der Waals surface area contributed by atoms with Crippen molar-refractivity contribution in [1.82, 2.24) is 0 Å². The predicted octanol–water partition coefficient (Wildman–Crippen LogP) is 2.44. The molecule has 0 bridgehead atoms. The van der Waals surface area contributed by atoms with Crippen LogP contribution >= 0.6 is 0 Å². The number of aliphatic hydroxyl groups excluding tert-OH is 2. The van der Waals surface area contributed by atoms with Gasteiger partial charge >= 0.3 is 0 Å². The summed E-state index contributed by atoms with van der Waals surface area (Å²) in [5, 5.41) is 19.9. The van der Waals surface area contributed by atoms with Crippen LogP contribution in [0.25, 0.3) is 0 Å². The van der Waals surface area contributed by atoms with Crippen molar-refractivity contribution < 1.29 is 14.9 Å². The molecule has 0 spiro atoms. The van der Waals surface area contributed by atoms with Crippen LogP contribution in [0.5, 0.6) is 5.75 Å². The van der Waals surface area contributed by atoms with Gasteiger partial charge in [0.1, 0.15) is 18.5 Å². The number of hydrogen-bond acceptors (Lipinski definition) is 4. The maximum Gasteiger partial charge on any atom is 0.119 e. The summed E-state index contributed by atoms with van der Waals surface area (Å²) < 4.78 is 5.65. The molecule has 0 saturated heterocycles. The second-order valence-corrected chi connectivity index (χ2v) is 6.89. The Morgan fingerprint density at radius 1 is 1.12 bits per heavy atom. The highest BCUT2D eigenvalue weighted by Gasteiger charge is 2.28. The van der Waals surface area contributed by atoms with Gasteiger partial charge < -0.3 is 20.7 Å². The minimum atomic E-state index is -0.701. The van der Waals surface area contributed by atoms with Crippen LogP contribution in [-0.4, -0.2) is 29.0 Å². The zero-order valence-corrected chi connectivity index (χ0v) is 14.5. The SMILES string of the molecule is NC(C1CCCc2ccc(CO)cc2C1)[C@H](O)COc1ccccc1. The van der Waals surface area contributed by atoms with Crippen LogP contribution in [0, 0.1) is 5.92 Å². The molecule has 134 valence electrons. The van der Waals surface area contributed by atoms with Gasteiger partial charge in [-0.25, -0.2) is 0 Å². The fourth-order valence-electron chi connectivity index (χ4n) is 3.60. The summed E-state index contributed by atoms with van der Waals surface area (Å²) >= 11 is 0. The first-order chi connectivity index (χ1) is 12.2. The first-order valence-corrected chi connectivity index (χ1v) is 9.00. The van der Waals surface area contributed by atoms with Gasteiger partial charge in [-0.3, -0.25) is 0 Å². The molecule has 0 fully saturated rings. The molecule has 0 radical (unpaired) electrons. The summed E-state index contributed by atoms with van der Waals surface area (Å²) in [5.74, 6) is 0.956. The minimum absolute atomic E-state index is 0.0531. The van der Waals surface area contributed by atoms with Gasteiger partial charge in [0.05, 0.1) is 6.61 Å². The van der Waals surface area contributed by atoms with E-state index in [1.54, 1.807) is 0 Å². The number of benzene rings is 2. The van der Waals surface area contributed by atoms with Gasteiger partial charge in [0.2, 0.25) is 0 Å². The van der Waals surface area contributed by atoms with E-state index in [0.29, 0.717) is 0 Å². The van der Waals surface area contributed by atoms with Gasteiger partial charge in [-0.15, -0.1) is 0 Å². The van der Waals surface area contributed by atoms with E-state index in [2.05, 4.69) is 12.1 Å². The van der Waals surface area contributed by atoms with Crippen molar-refractivity contribution in [2.45, 2.75) is 44.4 Å². The fraction of sp³-hybridized carbons (Fsp3) is 0.429. The third-order valence-corrected chi connectivity index (χ3v) is 5.11. The lowest BCUT2D eigenvalue weighted by Crippen LogP contribution is -2.45. The molecule has 1 aliphatic rings. The summed E-state index contributed by atoms with van der Waals surface area (Å²) in [7, 11) is 0. The zero-order valence-electron chi connectivity index (χ0n) is 14.5. The van der Waals surface area contributed by atoms with Crippen molar-refractivity contribution in [3.8, 4) is 5.75 Å². The Morgan fingerprint density at radius 2 is 1.92 bits per heavy atom. The average Bonchev–Trinajstić information content (AvgIpc) is 2.87. The highest BCUT2D eigenvalue weighted by atomic mass is 16.5. The Balaban J connectivity index is 1.63. The topological polar surface area (TPSA) is 75.7 Å². The number of aliphatic hydroxyl groups is 2. The molecule has 0 saturated carbocycles. The Morgan fingerprint density at radius 3 is 2.68 bits per heavy atom. The second kappa shape index (κ2) is 8.48. The molecule has 2 unspecified atom stereocenters. The minimum Gasteiger partial charge on any atom is -0.491 e. The molecule has 2 aromatic rings. The standard InChI is InChI=1S/C21H27NO3/c22-21(20(24)14-25-19-7-2-1-3-8-19)17-6-4-5-16-10-9-15(13-23)11-18(16)12-17/h1-3,7-11,17,20-21,23-24H,4-6,12-14,22H2/t17?,20-,21?/m1/s1. The van der Waals surface area contributed by atoms with Crippen LogP contribution in [-0.2, 0) is 19.4 Å². The van der Waals surface area contributed by atoms with Crippen molar-refractivity contribution in [1.29, 1.82) is 0 Å². The van der Waals surface area contributed by atoms with E-state index in [1.165, 1.54) is 11.1 Å². The lowest BCUT2D eigenvalue weighted by atomic mass is 9.87. The highest BCUT2D eigenvalue weighted by Crippen LogP contribution is 2.28. The molecule has 4 N–H and O–H groups in total. The Kier molecular flexibility index (Phi) is 6.08. The molecule has 3 atom stereocenters. The number of para-hydroxylation sites is 1. The normalized spacial score (nSPS) is 19.6. The first-order valence-electron chi connectivity index (χ1n) is 9.00. The van der Waals surface area contributed by atoms with E-state index in [0.717, 1.165) is 37.0 Å². The van der Waals surface area contributed by atoms with Crippen LogP contribution in [0.15, 0.2) is 48.5 Å². The molecule has 25 heavy (non-hydrogen) atoms. The van der Waals surface area contributed by atoms with Gasteiger partial charge in [-0.2, -0.15) is 0 Å². The Labute approximate surface area is 149 Å². The van der Waals surface area contributed by atoms with Crippen molar-refractivity contribution in [2.24, 2.45) is 11.7 Å². The number of ether oxygens (including phenoxy) is 1. The third kappa shape index (κ3) is 4.60. The summed E-state index contributed by atoms with van der Waals surface area (Å²) in [5.41, 5.74) is 9.89. The number of hydrogen-bond donors (Lipinski definition) is 3. The summed E-state index contributed by atoms with van der Waals surface area (Å²) in [6.07, 6.45) is 3.23. The maximum absolute atomic E-state index is 10.5. The number of nitrogens with two attached hydrogens (primary N) is 1. The van der Waals surface area contributed by atoms with E-state index in [4.69, 9.17) is 10.5 Å². The first kappa shape index (κ1) is 17.9. The molecule has 0 heterocycles. The van der Waals surface area contributed by atoms with Gasteiger partial charge in [0.15, 0.2) is 0 Å². The second-order valence-electron chi connectivity index (χ2n) is 6.89. The van der Waals surface area contributed by atoms with E-state index in [9.17, 15) is 10.2 Å². The largest absolute Gasteiger partial charge is 0.491 e. The third-order valence-electron chi connectivity index (χ3n) is 5.11. The number of fused-ring (bicyclic) bond motifs is 1. The van der Waals surface area contributed by atoms with E-state index < -0.39 is 6.10 Å². The van der Waals surface area contributed by atoms with E-state index in [1.807, 2.05) is 36.4 Å². The van der Waals surface area contributed by atoms with E-state index in [-0.39, 0.29) is 25.2 Å². The lowest BCUT2D eigenvalue weighted by molar-refractivity contribution is 0.0645. The quantitative estimate of drug-likeness (QED) is 0.706. The predicted molar refractivity (Wildman–Crippen MR) is 98.4 cm³/mol. The molecular weight excluding hydrogens is 314 g/mol. The van der Waals surface area contributed by atoms with E-state index >= 15 is 0 Å². The number of rotatable bonds is 6. The monoisotopic (exact) mass is 341 g/mol. The van der Waals surface area contributed by atoms with Crippen LogP contribution in [0.3, 0.4) is 0 Å². The molecule has 3 rings (SSSR count). The smallest absolute Gasteiger partial charge is 0.119 e. The van der Waals surface area contributed by atoms with Gasteiger partial charge in [0, 0.05) is 6.04 Å². The fourth-order valence-corrected chi connectivity index (χ4v) is 3.60. The van der Waals surface area contributed by atoms with Crippen LogP contribution in [0.1, 0.15) is 29.5 Å². The van der Waals surface area contributed by atoms with Crippen LogP contribution < -0.4 is 10.5 Å². The molecule has 0 aromatic heterocycles. The molecule has 1 aliphatic carbocycles. The van der Waals surface area contributed by atoms with Crippen LogP contribution in [0.2, 0.25) is 0 Å². The summed E-state index contributed by atoms with van der Waals surface area (Å²) in [4.78, 5) is 0. The Hall–Kier alpha value is -1.88. The zero-order chi connectivity index (χ0) is 17.6. The van der Waals surface area contributed by atoms with Crippen molar-refractivity contribution >= 4 is 0 Å². The molecule has 2 aromatic carbocycles.